The Morgan fingerprint density at radius 1 is 1.53 bits per heavy atom. The maximum absolute atomic E-state index is 11.5. The lowest BCUT2D eigenvalue weighted by molar-refractivity contribution is -0.146. The molecule has 1 aliphatic heterocycles. The van der Waals surface area contributed by atoms with E-state index in [0.29, 0.717) is 12.5 Å². The Morgan fingerprint density at radius 3 is 2.89 bits per heavy atom. The molecule has 2 unspecified atom stereocenters. The third-order valence-corrected chi connectivity index (χ3v) is 3.86. The number of methoxy groups -OCH3 is 1. The number of nitrogens with two attached hydrogens (primary N) is 1. The van der Waals surface area contributed by atoms with Crippen LogP contribution in [0.5, 0.6) is 0 Å². The third-order valence-electron chi connectivity index (χ3n) is 3.86. The Bertz CT molecular complexity index is 282. The quantitative estimate of drug-likeness (QED) is 0.556. The van der Waals surface area contributed by atoms with Gasteiger partial charge in [0.05, 0.1) is 20.3 Å². The Labute approximate surface area is 116 Å². The summed E-state index contributed by atoms with van der Waals surface area (Å²) in [6.07, 6.45) is 3.79. The summed E-state index contributed by atoms with van der Waals surface area (Å²) in [5.41, 5.74) is 5.08. The molecule has 0 bridgehead atoms. The van der Waals surface area contributed by atoms with Crippen molar-refractivity contribution in [1.29, 1.82) is 0 Å². The van der Waals surface area contributed by atoms with Crippen LogP contribution in [0.2, 0.25) is 0 Å². The van der Waals surface area contributed by atoms with Crippen molar-refractivity contribution in [3.63, 3.8) is 0 Å². The number of hydrogen-bond acceptors (Lipinski definition) is 5. The molecule has 0 aliphatic carbocycles. The zero-order chi connectivity index (χ0) is 14.3. The number of nitrogens with zero attached hydrogens (tertiary/aromatic N) is 1. The van der Waals surface area contributed by atoms with Gasteiger partial charge in [-0.1, -0.05) is 6.92 Å². The van der Waals surface area contributed by atoms with Crippen molar-refractivity contribution in [3.05, 3.63) is 0 Å². The highest BCUT2D eigenvalue weighted by molar-refractivity contribution is 5.79. The number of rotatable bonds is 7. The van der Waals surface area contributed by atoms with Crippen molar-refractivity contribution in [3.8, 4) is 0 Å². The van der Waals surface area contributed by atoms with Crippen molar-refractivity contribution >= 4 is 5.97 Å². The first kappa shape index (κ1) is 16.4. The van der Waals surface area contributed by atoms with Crippen LogP contribution in [0.1, 0.15) is 39.5 Å². The molecule has 1 aliphatic rings. The molecule has 1 fully saturated rings. The standard InChI is InChI=1S/C14H28N2O3/c1-4-12-11-19-10-9-16(12)8-6-5-7-14(2,15)13(17)18-3/h12H,4-11,15H2,1-3H3. The van der Waals surface area contributed by atoms with E-state index < -0.39 is 5.54 Å². The minimum atomic E-state index is -0.857. The van der Waals surface area contributed by atoms with Gasteiger partial charge in [-0.25, -0.2) is 0 Å². The van der Waals surface area contributed by atoms with E-state index in [9.17, 15) is 4.79 Å². The number of carbonyl (C=O) groups excluding carboxylic acids is 1. The van der Waals surface area contributed by atoms with E-state index in [2.05, 4.69) is 11.8 Å². The summed E-state index contributed by atoms with van der Waals surface area (Å²) in [6, 6.07) is 0.540. The van der Waals surface area contributed by atoms with Gasteiger partial charge >= 0.3 is 5.97 Å². The number of hydrogen-bond donors (Lipinski definition) is 1. The average Bonchev–Trinajstić information content (AvgIpc) is 2.43. The predicted molar refractivity (Wildman–Crippen MR) is 74.9 cm³/mol. The maximum atomic E-state index is 11.5. The minimum absolute atomic E-state index is 0.328. The predicted octanol–water partition coefficient (Wildman–Crippen LogP) is 1.16. The van der Waals surface area contributed by atoms with Gasteiger partial charge in [0.25, 0.3) is 0 Å². The summed E-state index contributed by atoms with van der Waals surface area (Å²) < 4.78 is 10.2. The molecule has 1 rings (SSSR count). The van der Waals surface area contributed by atoms with Gasteiger partial charge in [0.1, 0.15) is 5.54 Å². The molecule has 0 spiro atoms. The summed E-state index contributed by atoms with van der Waals surface area (Å²) in [4.78, 5) is 13.9. The van der Waals surface area contributed by atoms with Gasteiger partial charge in [-0.3, -0.25) is 9.69 Å². The molecule has 1 heterocycles. The molecule has 0 aromatic rings. The van der Waals surface area contributed by atoms with Gasteiger partial charge in [0.2, 0.25) is 0 Å². The monoisotopic (exact) mass is 272 g/mol. The van der Waals surface area contributed by atoms with Crippen molar-refractivity contribution in [2.45, 2.75) is 51.1 Å². The van der Waals surface area contributed by atoms with Crippen LogP contribution in [-0.2, 0) is 14.3 Å². The minimum Gasteiger partial charge on any atom is -0.468 e. The molecule has 0 radical (unpaired) electrons. The molecule has 112 valence electrons. The third kappa shape index (κ3) is 5.09. The highest BCUT2D eigenvalue weighted by atomic mass is 16.5. The first-order chi connectivity index (χ1) is 9.01. The van der Waals surface area contributed by atoms with Crippen LogP contribution < -0.4 is 5.73 Å². The van der Waals surface area contributed by atoms with E-state index in [4.69, 9.17) is 15.2 Å². The topological polar surface area (TPSA) is 64.8 Å². The van der Waals surface area contributed by atoms with Gasteiger partial charge in [-0.2, -0.15) is 0 Å². The molecule has 19 heavy (non-hydrogen) atoms. The van der Waals surface area contributed by atoms with E-state index in [1.54, 1.807) is 6.92 Å². The summed E-state index contributed by atoms with van der Waals surface area (Å²) in [7, 11) is 1.38. The SMILES string of the molecule is CCC1COCCN1CCCCC(C)(N)C(=O)OC. The lowest BCUT2D eigenvalue weighted by atomic mass is 9.96. The second-order valence-corrected chi connectivity index (χ2v) is 5.54. The second-order valence-electron chi connectivity index (χ2n) is 5.54. The molecule has 0 saturated carbocycles. The molecule has 1 saturated heterocycles. The number of carbonyl (C=O) groups is 1. The summed E-state index contributed by atoms with van der Waals surface area (Å²) in [5, 5.41) is 0. The zero-order valence-corrected chi connectivity index (χ0v) is 12.5. The molecule has 0 aromatic heterocycles. The van der Waals surface area contributed by atoms with Crippen LogP contribution in [-0.4, -0.2) is 55.9 Å². The van der Waals surface area contributed by atoms with E-state index >= 15 is 0 Å². The largest absolute Gasteiger partial charge is 0.468 e. The van der Waals surface area contributed by atoms with Crippen molar-refractivity contribution < 1.29 is 14.3 Å². The molecule has 2 N–H and O–H groups in total. The van der Waals surface area contributed by atoms with Crippen LogP contribution >= 0.6 is 0 Å². The summed E-state index contributed by atoms with van der Waals surface area (Å²) in [5.74, 6) is -0.328. The maximum Gasteiger partial charge on any atom is 0.325 e. The molecule has 5 heteroatoms. The van der Waals surface area contributed by atoms with Gasteiger partial charge in [-0.05, 0) is 39.2 Å². The Kier molecular flexibility index (Phi) is 6.75. The molecule has 0 aromatic carbocycles. The van der Waals surface area contributed by atoms with Crippen molar-refractivity contribution in [2.75, 3.05) is 33.4 Å². The van der Waals surface area contributed by atoms with Gasteiger partial charge < -0.3 is 15.2 Å². The fourth-order valence-electron chi connectivity index (χ4n) is 2.50. The van der Waals surface area contributed by atoms with Crippen molar-refractivity contribution in [2.24, 2.45) is 5.73 Å². The number of esters is 1. The Morgan fingerprint density at radius 2 is 2.26 bits per heavy atom. The second kappa shape index (κ2) is 7.82. The summed E-state index contributed by atoms with van der Waals surface area (Å²) in [6.45, 7) is 7.66. The Hall–Kier alpha value is -0.650. The lowest BCUT2D eigenvalue weighted by Gasteiger charge is -2.35. The zero-order valence-electron chi connectivity index (χ0n) is 12.5. The van der Waals surface area contributed by atoms with Gasteiger partial charge in [0.15, 0.2) is 0 Å². The molecular formula is C14H28N2O3. The number of morpholine rings is 1. The summed E-state index contributed by atoms with van der Waals surface area (Å²) >= 11 is 0. The molecule has 5 nitrogen and oxygen atoms in total. The van der Waals surface area contributed by atoms with E-state index in [0.717, 1.165) is 45.6 Å². The van der Waals surface area contributed by atoms with Crippen LogP contribution in [0, 0.1) is 0 Å². The highest BCUT2D eigenvalue weighted by Gasteiger charge is 2.29. The molecular weight excluding hydrogens is 244 g/mol. The first-order valence-electron chi connectivity index (χ1n) is 7.20. The fourth-order valence-corrected chi connectivity index (χ4v) is 2.50. The lowest BCUT2D eigenvalue weighted by Crippen LogP contribution is -2.46. The van der Waals surface area contributed by atoms with Crippen LogP contribution in [0.15, 0.2) is 0 Å². The van der Waals surface area contributed by atoms with Crippen LogP contribution in [0.4, 0.5) is 0 Å². The van der Waals surface area contributed by atoms with Crippen LogP contribution in [0.25, 0.3) is 0 Å². The first-order valence-corrected chi connectivity index (χ1v) is 7.20. The van der Waals surface area contributed by atoms with Crippen molar-refractivity contribution in [1.82, 2.24) is 4.90 Å². The van der Waals surface area contributed by atoms with Crippen LogP contribution in [0.3, 0.4) is 0 Å². The van der Waals surface area contributed by atoms with E-state index in [-0.39, 0.29) is 5.97 Å². The molecule has 0 amide bonds. The van der Waals surface area contributed by atoms with E-state index in [1.807, 2.05) is 0 Å². The normalized spacial score (nSPS) is 23.9. The number of unbranched alkanes of at least 4 members (excludes halogenated alkanes) is 1. The highest BCUT2D eigenvalue weighted by Crippen LogP contribution is 2.15. The van der Waals surface area contributed by atoms with E-state index in [1.165, 1.54) is 7.11 Å². The van der Waals surface area contributed by atoms with Gasteiger partial charge in [-0.15, -0.1) is 0 Å². The van der Waals surface area contributed by atoms with Gasteiger partial charge in [0, 0.05) is 12.6 Å². The average molecular weight is 272 g/mol. The smallest absolute Gasteiger partial charge is 0.325 e. The number of ether oxygens (including phenoxy) is 2. The fraction of sp³-hybridized carbons (Fsp3) is 0.929. The molecule has 2 atom stereocenters. The Balaban J connectivity index is 2.24.